The summed E-state index contributed by atoms with van der Waals surface area (Å²) in [7, 11) is 0. The molecule has 3 rings (SSSR count). The Hall–Kier alpha value is -2.83. The van der Waals surface area contributed by atoms with Crippen LogP contribution in [0.15, 0.2) is 35.0 Å². The number of nitrogen functional groups attached to an aromatic ring is 1. The van der Waals surface area contributed by atoms with Crippen LogP contribution in [0.1, 0.15) is 0 Å². The minimum absolute atomic E-state index is 0.119. The Balaban J connectivity index is 2.04. The smallest absolute Gasteiger partial charge is 0.246 e. The van der Waals surface area contributed by atoms with Crippen LogP contribution in [0, 0.1) is 0 Å². The standard InChI is InChI=1S/C13H12N4O3/c14-13-9(5-15-20-13)8-3-1-2-4-10(8)17-6-11(18)16-12(19)7-17/h1-5H,6-7,14H2,(H,16,18,19). The molecule has 2 heterocycles. The molecule has 1 aliphatic heterocycles. The molecule has 0 atom stereocenters. The van der Waals surface area contributed by atoms with Crippen LogP contribution in [-0.2, 0) is 9.59 Å². The van der Waals surface area contributed by atoms with Gasteiger partial charge in [0.1, 0.15) is 0 Å². The first-order chi connectivity index (χ1) is 9.65. The van der Waals surface area contributed by atoms with Crippen LogP contribution in [0.5, 0.6) is 0 Å². The van der Waals surface area contributed by atoms with Crippen molar-refractivity contribution in [2.24, 2.45) is 0 Å². The van der Waals surface area contributed by atoms with E-state index < -0.39 is 0 Å². The van der Waals surface area contributed by atoms with Gasteiger partial charge in [0.15, 0.2) is 0 Å². The number of hydrogen-bond donors (Lipinski definition) is 2. The third kappa shape index (κ3) is 2.09. The maximum absolute atomic E-state index is 11.5. The van der Waals surface area contributed by atoms with Gasteiger partial charge in [-0.2, -0.15) is 0 Å². The number of aromatic nitrogens is 1. The first kappa shape index (κ1) is 12.2. The number of hydrogen-bond acceptors (Lipinski definition) is 6. The number of rotatable bonds is 2. The number of imide groups is 1. The van der Waals surface area contributed by atoms with E-state index in [2.05, 4.69) is 10.5 Å². The van der Waals surface area contributed by atoms with Crippen molar-refractivity contribution in [3.63, 3.8) is 0 Å². The number of carbonyl (C=O) groups is 2. The molecule has 1 aromatic heterocycles. The Bertz CT molecular complexity index is 664. The minimum atomic E-state index is -0.325. The number of carbonyl (C=O) groups excluding carboxylic acids is 2. The summed E-state index contributed by atoms with van der Waals surface area (Å²) in [5.74, 6) is -0.450. The highest BCUT2D eigenvalue weighted by molar-refractivity contribution is 6.03. The van der Waals surface area contributed by atoms with Gasteiger partial charge in [0.2, 0.25) is 17.7 Å². The van der Waals surface area contributed by atoms with E-state index in [-0.39, 0.29) is 30.8 Å². The molecular formula is C13H12N4O3. The van der Waals surface area contributed by atoms with Crippen LogP contribution in [-0.4, -0.2) is 30.1 Å². The molecule has 2 aromatic rings. The average Bonchev–Trinajstić information content (AvgIpc) is 2.84. The average molecular weight is 272 g/mol. The van der Waals surface area contributed by atoms with Gasteiger partial charge in [0.05, 0.1) is 24.8 Å². The number of nitrogens with one attached hydrogen (secondary N) is 1. The fourth-order valence-corrected chi connectivity index (χ4v) is 2.24. The number of amides is 2. The molecule has 7 heteroatoms. The highest BCUT2D eigenvalue weighted by Gasteiger charge is 2.25. The molecule has 1 fully saturated rings. The van der Waals surface area contributed by atoms with Gasteiger partial charge >= 0.3 is 0 Å². The number of piperazine rings is 1. The summed E-state index contributed by atoms with van der Waals surface area (Å²) in [6.45, 7) is 0.238. The van der Waals surface area contributed by atoms with Crippen LogP contribution >= 0.6 is 0 Å². The van der Waals surface area contributed by atoms with E-state index in [1.807, 2.05) is 24.3 Å². The summed E-state index contributed by atoms with van der Waals surface area (Å²) >= 11 is 0. The molecule has 0 bridgehead atoms. The molecule has 0 radical (unpaired) electrons. The fraction of sp³-hybridized carbons (Fsp3) is 0.154. The lowest BCUT2D eigenvalue weighted by Crippen LogP contribution is -2.51. The molecule has 0 aliphatic carbocycles. The summed E-state index contributed by atoms with van der Waals surface area (Å²) in [6.07, 6.45) is 1.51. The highest BCUT2D eigenvalue weighted by atomic mass is 16.5. The van der Waals surface area contributed by atoms with E-state index >= 15 is 0 Å². The van der Waals surface area contributed by atoms with Crippen molar-refractivity contribution in [1.82, 2.24) is 10.5 Å². The minimum Gasteiger partial charge on any atom is -0.367 e. The molecule has 7 nitrogen and oxygen atoms in total. The van der Waals surface area contributed by atoms with Crippen molar-refractivity contribution in [2.75, 3.05) is 23.7 Å². The third-order valence-corrected chi connectivity index (χ3v) is 3.08. The number of para-hydroxylation sites is 1. The number of nitrogens with two attached hydrogens (primary N) is 1. The fourth-order valence-electron chi connectivity index (χ4n) is 2.24. The van der Waals surface area contributed by atoms with Crippen LogP contribution in [0.25, 0.3) is 11.1 Å². The van der Waals surface area contributed by atoms with Crippen molar-refractivity contribution in [3.8, 4) is 11.1 Å². The lowest BCUT2D eigenvalue weighted by Gasteiger charge is -2.29. The lowest BCUT2D eigenvalue weighted by atomic mass is 10.1. The predicted octanol–water partition coefficient (Wildman–Crippen LogP) is 0.387. The molecule has 0 saturated carbocycles. The lowest BCUT2D eigenvalue weighted by molar-refractivity contribution is -0.130. The molecule has 0 spiro atoms. The maximum Gasteiger partial charge on any atom is 0.246 e. The molecule has 2 amide bonds. The van der Waals surface area contributed by atoms with Crippen molar-refractivity contribution in [2.45, 2.75) is 0 Å². The zero-order valence-corrected chi connectivity index (χ0v) is 10.5. The summed E-state index contributed by atoms with van der Waals surface area (Å²) in [5.41, 5.74) is 7.88. The van der Waals surface area contributed by atoms with Crippen molar-refractivity contribution in [1.29, 1.82) is 0 Å². The summed E-state index contributed by atoms with van der Waals surface area (Å²) in [5, 5.41) is 5.92. The van der Waals surface area contributed by atoms with Gasteiger partial charge in [-0.25, -0.2) is 0 Å². The van der Waals surface area contributed by atoms with Gasteiger partial charge in [-0.1, -0.05) is 23.4 Å². The first-order valence-corrected chi connectivity index (χ1v) is 6.02. The van der Waals surface area contributed by atoms with Crippen molar-refractivity contribution in [3.05, 3.63) is 30.5 Å². The van der Waals surface area contributed by atoms with E-state index in [4.69, 9.17) is 10.3 Å². The molecule has 20 heavy (non-hydrogen) atoms. The molecule has 1 aliphatic rings. The van der Waals surface area contributed by atoms with Gasteiger partial charge in [-0.05, 0) is 6.07 Å². The quantitative estimate of drug-likeness (QED) is 0.767. The van der Waals surface area contributed by atoms with Gasteiger partial charge in [-0.3, -0.25) is 14.9 Å². The maximum atomic E-state index is 11.5. The molecular weight excluding hydrogens is 260 g/mol. The topological polar surface area (TPSA) is 101 Å². The Morgan fingerprint density at radius 1 is 1.15 bits per heavy atom. The third-order valence-electron chi connectivity index (χ3n) is 3.08. The Labute approximate surface area is 114 Å². The second kappa shape index (κ2) is 4.69. The van der Waals surface area contributed by atoms with Crippen molar-refractivity contribution < 1.29 is 14.1 Å². The first-order valence-electron chi connectivity index (χ1n) is 6.02. The van der Waals surface area contributed by atoms with Crippen LogP contribution < -0.4 is 16.0 Å². The summed E-state index contributed by atoms with van der Waals surface area (Å²) in [6, 6.07) is 7.35. The molecule has 1 aromatic carbocycles. The normalized spacial score (nSPS) is 15.3. The highest BCUT2D eigenvalue weighted by Crippen LogP contribution is 2.34. The summed E-state index contributed by atoms with van der Waals surface area (Å²) in [4.78, 5) is 24.7. The summed E-state index contributed by atoms with van der Waals surface area (Å²) < 4.78 is 4.87. The molecule has 102 valence electrons. The number of benzene rings is 1. The molecule has 0 unspecified atom stereocenters. The van der Waals surface area contributed by atoms with Gasteiger partial charge in [0.25, 0.3) is 0 Å². The zero-order valence-electron chi connectivity index (χ0n) is 10.5. The van der Waals surface area contributed by atoms with E-state index in [0.717, 1.165) is 11.3 Å². The van der Waals surface area contributed by atoms with E-state index in [1.54, 1.807) is 4.90 Å². The van der Waals surface area contributed by atoms with Crippen LogP contribution in [0.3, 0.4) is 0 Å². The monoisotopic (exact) mass is 272 g/mol. The van der Waals surface area contributed by atoms with Gasteiger partial charge < -0.3 is 15.2 Å². The Kier molecular flexibility index (Phi) is 2.86. The Morgan fingerprint density at radius 2 is 1.85 bits per heavy atom. The van der Waals surface area contributed by atoms with E-state index in [0.29, 0.717) is 5.56 Å². The predicted molar refractivity (Wildman–Crippen MR) is 71.7 cm³/mol. The number of anilines is 2. The second-order valence-corrected chi connectivity index (χ2v) is 4.45. The van der Waals surface area contributed by atoms with Gasteiger partial charge in [0, 0.05) is 11.3 Å². The van der Waals surface area contributed by atoms with Crippen LogP contribution in [0.2, 0.25) is 0 Å². The van der Waals surface area contributed by atoms with Crippen LogP contribution in [0.4, 0.5) is 11.6 Å². The Morgan fingerprint density at radius 3 is 2.50 bits per heavy atom. The van der Waals surface area contributed by atoms with Crippen molar-refractivity contribution >= 4 is 23.4 Å². The van der Waals surface area contributed by atoms with E-state index in [9.17, 15) is 9.59 Å². The zero-order chi connectivity index (χ0) is 14.1. The van der Waals surface area contributed by atoms with E-state index in [1.165, 1.54) is 6.20 Å². The number of nitrogens with zero attached hydrogens (tertiary/aromatic N) is 2. The van der Waals surface area contributed by atoms with Gasteiger partial charge in [-0.15, -0.1) is 0 Å². The SMILES string of the molecule is Nc1oncc1-c1ccccc1N1CC(=O)NC(=O)C1. The molecule has 3 N–H and O–H groups in total. The largest absolute Gasteiger partial charge is 0.367 e. The second-order valence-electron chi connectivity index (χ2n) is 4.45. The molecule has 1 saturated heterocycles.